The summed E-state index contributed by atoms with van der Waals surface area (Å²) >= 11 is 0. The Bertz CT molecular complexity index is 1120. The van der Waals surface area contributed by atoms with Crippen molar-refractivity contribution < 1.29 is 9.21 Å². The van der Waals surface area contributed by atoms with Crippen LogP contribution in [0.1, 0.15) is 12.3 Å². The summed E-state index contributed by atoms with van der Waals surface area (Å²) in [6.07, 6.45) is 0.888. The topological polar surface area (TPSA) is 49.6 Å². The van der Waals surface area contributed by atoms with E-state index in [9.17, 15) is 4.79 Å². The summed E-state index contributed by atoms with van der Waals surface area (Å²) in [7, 11) is 0. The molecule has 1 aliphatic heterocycles. The molecule has 0 bridgehead atoms. The summed E-state index contributed by atoms with van der Waals surface area (Å²) in [6.45, 7) is 3.18. The number of aryl methyl sites for hydroxylation is 1. The quantitative estimate of drug-likeness (QED) is 0.411. The van der Waals surface area contributed by atoms with Gasteiger partial charge in [0.1, 0.15) is 5.69 Å². The fourth-order valence-corrected chi connectivity index (χ4v) is 4.27. The molecule has 33 heavy (non-hydrogen) atoms. The summed E-state index contributed by atoms with van der Waals surface area (Å²) in [6, 6.07) is 30.4. The molecule has 3 aromatic carbocycles. The molecule has 0 atom stereocenters. The molecular formula is C28H27N3O2. The van der Waals surface area contributed by atoms with Crippen LogP contribution in [0.4, 0.5) is 5.69 Å². The fourth-order valence-electron chi connectivity index (χ4n) is 4.27. The zero-order valence-electron chi connectivity index (χ0n) is 18.6. The number of hydrogen-bond acceptors (Lipinski definition) is 4. The fraction of sp³-hybridized carbons (Fsp3) is 0.214. The summed E-state index contributed by atoms with van der Waals surface area (Å²) in [5.74, 6) is 1.51. The first-order valence-corrected chi connectivity index (χ1v) is 11.5. The van der Waals surface area contributed by atoms with Crippen LogP contribution in [0.15, 0.2) is 95.4 Å². The largest absolute Gasteiger partial charge is 0.440 e. The Morgan fingerprint density at radius 3 is 1.97 bits per heavy atom. The van der Waals surface area contributed by atoms with Crippen LogP contribution in [-0.4, -0.2) is 42.0 Å². The van der Waals surface area contributed by atoms with Gasteiger partial charge >= 0.3 is 0 Å². The van der Waals surface area contributed by atoms with Crippen molar-refractivity contribution in [1.29, 1.82) is 0 Å². The number of amides is 1. The van der Waals surface area contributed by atoms with Crippen LogP contribution in [0.25, 0.3) is 22.6 Å². The van der Waals surface area contributed by atoms with Crippen LogP contribution >= 0.6 is 0 Å². The first-order chi connectivity index (χ1) is 16.3. The predicted octanol–water partition coefficient (Wildman–Crippen LogP) is 5.29. The van der Waals surface area contributed by atoms with Crippen molar-refractivity contribution in [2.24, 2.45) is 0 Å². The van der Waals surface area contributed by atoms with Crippen molar-refractivity contribution in [3.05, 3.63) is 96.9 Å². The van der Waals surface area contributed by atoms with Crippen LogP contribution in [0.5, 0.6) is 0 Å². The highest BCUT2D eigenvalue weighted by atomic mass is 16.4. The Morgan fingerprint density at radius 1 is 0.758 bits per heavy atom. The van der Waals surface area contributed by atoms with Gasteiger partial charge in [-0.15, -0.1) is 0 Å². The summed E-state index contributed by atoms with van der Waals surface area (Å²) in [4.78, 5) is 22.0. The Labute approximate surface area is 194 Å². The third-order valence-electron chi connectivity index (χ3n) is 6.06. The van der Waals surface area contributed by atoms with E-state index in [1.807, 2.05) is 71.6 Å². The molecule has 1 saturated heterocycles. The minimum Gasteiger partial charge on any atom is -0.440 e. The molecule has 0 spiro atoms. The zero-order chi connectivity index (χ0) is 22.5. The van der Waals surface area contributed by atoms with Crippen molar-refractivity contribution in [2.75, 3.05) is 31.1 Å². The molecule has 0 saturated carbocycles. The van der Waals surface area contributed by atoms with Gasteiger partial charge in [-0.3, -0.25) is 4.79 Å². The van der Waals surface area contributed by atoms with Crippen LogP contribution in [0.2, 0.25) is 0 Å². The van der Waals surface area contributed by atoms with E-state index < -0.39 is 0 Å². The summed E-state index contributed by atoms with van der Waals surface area (Å²) < 4.78 is 6.18. The summed E-state index contributed by atoms with van der Waals surface area (Å²) in [5.41, 5.74) is 4.03. The lowest BCUT2D eigenvalue weighted by atomic mass is 10.1. The molecule has 1 amide bonds. The second-order valence-electron chi connectivity index (χ2n) is 8.22. The minimum atomic E-state index is 0.156. The third-order valence-corrected chi connectivity index (χ3v) is 6.06. The van der Waals surface area contributed by atoms with Gasteiger partial charge in [0, 0.05) is 55.8 Å². The SMILES string of the molecule is O=C(CCc1nc(-c2ccccc2)c(-c2ccccc2)o1)N1CCN(c2ccccc2)CC1. The number of piperazine rings is 1. The number of aromatic nitrogens is 1. The number of rotatable bonds is 6. The highest BCUT2D eigenvalue weighted by Gasteiger charge is 2.22. The van der Waals surface area contributed by atoms with Gasteiger partial charge in [0.05, 0.1) is 0 Å². The first-order valence-electron chi connectivity index (χ1n) is 11.5. The van der Waals surface area contributed by atoms with E-state index in [0.717, 1.165) is 48.8 Å². The van der Waals surface area contributed by atoms with E-state index in [-0.39, 0.29) is 5.91 Å². The molecule has 0 aliphatic carbocycles. The standard InChI is InChI=1S/C28H27N3O2/c32-26(31-20-18-30(19-21-31)24-14-8-3-9-15-24)17-16-25-29-27(22-10-4-1-5-11-22)28(33-25)23-12-6-2-7-13-23/h1-15H,16-21H2. The molecule has 166 valence electrons. The van der Waals surface area contributed by atoms with Gasteiger partial charge in [0.15, 0.2) is 11.7 Å². The number of carbonyl (C=O) groups excluding carboxylic acids is 1. The monoisotopic (exact) mass is 437 g/mol. The highest BCUT2D eigenvalue weighted by Crippen LogP contribution is 2.33. The van der Waals surface area contributed by atoms with Gasteiger partial charge in [-0.1, -0.05) is 78.9 Å². The van der Waals surface area contributed by atoms with Gasteiger partial charge in [-0.05, 0) is 12.1 Å². The van der Waals surface area contributed by atoms with E-state index >= 15 is 0 Å². The highest BCUT2D eigenvalue weighted by molar-refractivity contribution is 5.78. The number of oxazole rings is 1. The van der Waals surface area contributed by atoms with Crippen molar-refractivity contribution in [1.82, 2.24) is 9.88 Å². The van der Waals surface area contributed by atoms with Crippen LogP contribution in [0.3, 0.4) is 0 Å². The molecule has 0 radical (unpaired) electrons. The molecule has 5 rings (SSSR count). The van der Waals surface area contributed by atoms with Gasteiger partial charge in [0.25, 0.3) is 0 Å². The van der Waals surface area contributed by atoms with Crippen LogP contribution < -0.4 is 4.90 Å². The first kappa shape index (κ1) is 21.0. The molecule has 1 fully saturated rings. The maximum atomic E-state index is 12.9. The Balaban J connectivity index is 1.25. The van der Waals surface area contributed by atoms with Crippen LogP contribution in [0, 0.1) is 0 Å². The maximum absolute atomic E-state index is 12.9. The molecule has 5 heteroatoms. The van der Waals surface area contributed by atoms with Gasteiger partial charge < -0.3 is 14.2 Å². The Hall–Kier alpha value is -3.86. The van der Waals surface area contributed by atoms with Crippen LogP contribution in [-0.2, 0) is 11.2 Å². The van der Waals surface area contributed by atoms with E-state index in [0.29, 0.717) is 18.7 Å². The lowest BCUT2D eigenvalue weighted by molar-refractivity contribution is -0.131. The van der Waals surface area contributed by atoms with Gasteiger partial charge in [-0.2, -0.15) is 0 Å². The number of anilines is 1. The lowest BCUT2D eigenvalue weighted by Crippen LogP contribution is -2.48. The second-order valence-corrected chi connectivity index (χ2v) is 8.22. The molecule has 0 unspecified atom stereocenters. The lowest BCUT2D eigenvalue weighted by Gasteiger charge is -2.36. The smallest absolute Gasteiger partial charge is 0.223 e. The van der Waals surface area contributed by atoms with Crippen molar-refractivity contribution >= 4 is 11.6 Å². The maximum Gasteiger partial charge on any atom is 0.223 e. The number of hydrogen-bond donors (Lipinski definition) is 0. The molecule has 1 aliphatic rings. The number of nitrogens with zero attached hydrogens (tertiary/aromatic N) is 3. The summed E-state index contributed by atoms with van der Waals surface area (Å²) in [5, 5.41) is 0. The number of carbonyl (C=O) groups is 1. The van der Waals surface area contributed by atoms with Gasteiger partial charge in [-0.25, -0.2) is 4.98 Å². The molecule has 5 nitrogen and oxygen atoms in total. The number of para-hydroxylation sites is 1. The van der Waals surface area contributed by atoms with Crippen molar-refractivity contribution in [3.8, 4) is 22.6 Å². The van der Waals surface area contributed by atoms with E-state index in [1.54, 1.807) is 0 Å². The minimum absolute atomic E-state index is 0.156. The molecule has 0 N–H and O–H groups in total. The van der Waals surface area contributed by atoms with Crippen molar-refractivity contribution in [3.63, 3.8) is 0 Å². The van der Waals surface area contributed by atoms with Gasteiger partial charge in [0.2, 0.25) is 5.91 Å². The third kappa shape index (κ3) is 4.82. The second kappa shape index (κ2) is 9.74. The van der Waals surface area contributed by atoms with E-state index in [1.165, 1.54) is 5.69 Å². The predicted molar refractivity (Wildman–Crippen MR) is 131 cm³/mol. The van der Waals surface area contributed by atoms with E-state index in [4.69, 9.17) is 9.40 Å². The molecular weight excluding hydrogens is 410 g/mol. The molecule has 1 aromatic heterocycles. The average Bonchev–Trinajstić information content (AvgIpc) is 3.33. The average molecular weight is 438 g/mol. The Kier molecular flexibility index (Phi) is 6.20. The van der Waals surface area contributed by atoms with Crippen molar-refractivity contribution in [2.45, 2.75) is 12.8 Å². The molecule has 2 heterocycles. The van der Waals surface area contributed by atoms with E-state index in [2.05, 4.69) is 29.2 Å². The zero-order valence-corrected chi connectivity index (χ0v) is 18.6. The molecule has 4 aromatic rings. The normalized spacial score (nSPS) is 13.8. The number of benzene rings is 3. The Morgan fingerprint density at radius 2 is 1.33 bits per heavy atom.